The van der Waals surface area contributed by atoms with Crippen LogP contribution in [0.4, 0.5) is 10.1 Å². The number of halogens is 1. The van der Waals surface area contributed by atoms with Gasteiger partial charge in [0, 0.05) is 12.2 Å². The van der Waals surface area contributed by atoms with Crippen LogP contribution in [0.2, 0.25) is 0 Å². The SMILES string of the molecule is CC(C)(C(=O)NCCC1=CCCCC1)C(=O)Nc1ccc(F)cc1. The number of allylic oxidation sites excluding steroid dienone is 1. The van der Waals surface area contributed by atoms with E-state index in [0.29, 0.717) is 12.2 Å². The van der Waals surface area contributed by atoms with Gasteiger partial charge in [-0.25, -0.2) is 4.39 Å². The third-order valence-electron chi connectivity index (χ3n) is 4.35. The van der Waals surface area contributed by atoms with Crippen molar-refractivity contribution in [1.29, 1.82) is 0 Å². The molecule has 2 rings (SSSR count). The molecular formula is C19H25FN2O2. The van der Waals surface area contributed by atoms with Crippen LogP contribution in [0.15, 0.2) is 35.9 Å². The van der Waals surface area contributed by atoms with Crippen LogP contribution in [0.1, 0.15) is 46.0 Å². The standard InChI is InChI=1S/C19H25FN2O2/c1-19(2,18(24)22-16-10-8-15(20)9-11-16)17(23)21-13-12-14-6-4-3-5-7-14/h6,8-11H,3-5,7,12-13H2,1-2H3,(H,21,23)(H,22,24). The summed E-state index contributed by atoms with van der Waals surface area (Å²) >= 11 is 0. The minimum atomic E-state index is -1.20. The maximum absolute atomic E-state index is 12.9. The topological polar surface area (TPSA) is 58.2 Å². The van der Waals surface area contributed by atoms with Crippen LogP contribution < -0.4 is 10.6 Å². The van der Waals surface area contributed by atoms with Crippen LogP contribution in [0.3, 0.4) is 0 Å². The second-order valence-electron chi connectivity index (χ2n) is 6.70. The largest absolute Gasteiger partial charge is 0.355 e. The fourth-order valence-corrected chi connectivity index (χ4v) is 2.61. The molecule has 0 heterocycles. The molecule has 5 heteroatoms. The van der Waals surface area contributed by atoms with E-state index in [2.05, 4.69) is 16.7 Å². The second-order valence-corrected chi connectivity index (χ2v) is 6.70. The Morgan fingerprint density at radius 1 is 1.12 bits per heavy atom. The molecule has 0 saturated carbocycles. The van der Waals surface area contributed by atoms with E-state index in [1.54, 1.807) is 13.8 Å². The Kier molecular flexibility index (Phi) is 6.12. The normalized spacial score (nSPS) is 14.7. The maximum atomic E-state index is 12.9. The van der Waals surface area contributed by atoms with Gasteiger partial charge in [0.15, 0.2) is 0 Å². The number of amides is 2. The van der Waals surface area contributed by atoms with Crippen molar-refractivity contribution >= 4 is 17.5 Å². The molecule has 4 nitrogen and oxygen atoms in total. The Bertz CT molecular complexity index is 621. The Hall–Kier alpha value is -2.17. The van der Waals surface area contributed by atoms with Crippen LogP contribution >= 0.6 is 0 Å². The monoisotopic (exact) mass is 332 g/mol. The molecule has 0 fully saturated rings. The molecule has 0 aromatic heterocycles. The Morgan fingerprint density at radius 2 is 1.83 bits per heavy atom. The van der Waals surface area contributed by atoms with Gasteiger partial charge in [0.2, 0.25) is 11.8 Å². The molecule has 0 aliphatic heterocycles. The van der Waals surface area contributed by atoms with E-state index >= 15 is 0 Å². The molecule has 0 bridgehead atoms. The molecule has 0 unspecified atom stereocenters. The van der Waals surface area contributed by atoms with Gasteiger partial charge in [-0.15, -0.1) is 0 Å². The van der Waals surface area contributed by atoms with Gasteiger partial charge in [-0.05, 0) is 70.2 Å². The Morgan fingerprint density at radius 3 is 2.46 bits per heavy atom. The van der Waals surface area contributed by atoms with Gasteiger partial charge < -0.3 is 10.6 Å². The molecular weight excluding hydrogens is 307 g/mol. The van der Waals surface area contributed by atoms with E-state index in [9.17, 15) is 14.0 Å². The Balaban J connectivity index is 1.85. The summed E-state index contributed by atoms with van der Waals surface area (Å²) in [6, 6.07) is 5.47. The molecule has 0 spiro atoms. The van der Waals surface area contributed by atoms with Crippen LogP contribution in [0.5, 0.6) is 0 Å². The van der Waals surface area contributed by atoms with Gasteiger partial charge in [0.25, 0.3) is 0 Å². The Labute approximate surface area is 142 Å². The van der Waals surface area contributed by atoms with Gasteiger partial charge in [-0.2, -0.15) is 0 Å². The van der Waals surface area contributed by atoms with E-state index in [4.69, 9.17) is 0 Å². The molecule has 130 valence electrons. The van der Waals surface area contributed by atoms with Crippen molar-refractivity contribution in [2.75, 3.05) is 11.9 Å². The molecule has 0 saturated heterocycles. The molecule has 1 aliphatic carbocycles. The second kappa shape index (κ2) is 8.08. The zero-order valence-corrected chi connectivity index (χ0v) is 14.3. The van der Waals surface area contributed by atoms with Gasteiger partial charge >= 0.3 is 0 Å². The highest BCUT2D eigenvalue weighted by atomic mass is 19.1. The average Bonchev–Trinajstić information content (AvgIpc) is 2.57. The molecule has 0 radical (unpaired) electrons. The molecule has 24 heavy (non-hydrogen) atoms. The summed E-state index contributed by atoms with van der Waals surface area (Å²) in [5.74, 6) is -1.09. The highest BCUT2D eigenvalue weighted by molar-refractivity contribution is 6.09. The predicted octanol–water partition coefficient (Wildman–Crippen LogP) is 3.80. The fourth-order valence-electron chi connectivity index (χ4n) is 2.61. The fraction of sp³-hybridized carbons (Fsp3) is 0.474. The number of hydrogen-bond acceptors (Lipinski definition) is 2. The van der Waals surface area contributed by atoms with Crippen molar-refractivity contribution in [3.63, 3.8) is 0 Å². The van der Waals surface area contributed by atoms with E-state index in [0.717, 1.165) is 19.3 Å². The first-order valence-corrected chi connectivity index (χ1v) is 8.43. The van der Waals surface area contributed by atoms with Crippen LogP contribution in [-0.4, -0.2) is 18.4 Å². The van der Waals surface area contributed by atoms with Crippen molar-refractivity contribution in [1.82, 2.24) is 5.32 Å². The first kappa shape index (κ1) is 18.2. The summed E-state index contributed by atoms with van der Waals surface area (Å²) < 4.78 is 12.9. The summed E-state index contributed by atoms with van der Waals surface area (Å²) in [6.45, 7) is 3.71. The number of rotatable bonds is 6. The van der Waals surface area contributed by atoms with E-state index in [1.165, 1.54) is 42.7 Å². The lowest BCUT2D eigenvalue weighted by atomic mass is 9.90. The number of benzene rings is 1. The van der Waals surface area contributed by atoms with Crippen molar-refractivity contribution in [2.24, 2.45) is 5.41 Å². The van der Waals surface area contributed by atoms with Crippen LogP contribution in [0, 0.1) is 11.2 Å². The lowest BCUT2D eigenvalue weighted by Gasteiger charge is -2.23. The minimum absolute atomic E-state index is 0.307. The molecule has 2 amide bonds. The van der Waals surface area contributed by atoms with Crippen molar-refractivity contribution < 1.29 is 14.0 Å². The summed E-state index contributed by atoms with van der Waals surface area (Å²) in [5.41, 5.74) is 0.653. The predicted molar refractivity (Wildman–Crippen MR) is 93.0 cm³/mol. The van der Waals surface area contributed by atoms with Gasteiger partial charge in [0.05, 0.1) is 0 Å². The minimum Gasteiger partial charge on any atom is -0.355 e. The third kappa shape index (κ3) is 4.91. The molecule has 1 aromatic carbocycles. The summed E-state index contributed by atoms with van der Waals surface area (Å²) in [4.78, 5) is 24.7. The smallest absolute Gasteiger partial charge is 0.239 e. The third-order valence-corrected chi connectivity index (χ3v) is 4.35. The summed E-state index contributed by atoms with van der Waals surface area (Å²) in [5, 5.41) is 5.50. The first-order chi connectivity index (χ1) is 11.4. The lowest BCUT2D eigenvalue weighted by Crippen LogP contribution is -2.45. The van der Waals surface area contributed by atoms with Gasteiger partial charge in [-0.1, -0.05) is 11.6 Å². The zero-order valence-electron chi connectivity index (χ0n) is 14.3. The highest BCUT2D eigenvalue weighted by Crippen LogP contribution is 2.21. The molecule has 0 atom stereocenters. The lowest BCUT2D eigenvalue weighted by molar-refractivity contribution is -0.138. The highest BCUT2D eigenvalue weighted by Gasteiger charge is 2.35. The number of anilines is 1. The van der Waals surface area contributed by atoms with Crippen LogP contribution in [-0.2, 0) is 9.59 Å². The molecule has 2 N–H and O–H groups in total. The van der Waals surface area contributed by atoms with Crippen molar-refractivity contribution in [2.45, 2.75) is 46.0 Å². The van der Waals surface area contributed by atoms with Gasteiger partial charge in [0.1, 0.15) is 11.2 Å². The van der Waals surface area contributed by atoms with Gasteiger partial charge in [-0.3, -0.25) is 9.59 Å². The number of nitrogens with one attached hydrogen (secondary N) is 2. The molecule has 1 aromatic rings. The van der Waals surface area contributed by atoms with Crippen molar-refractivity contribution in [3.8, 4) is 0 Å². The van der Waals surface area contributed by atoms with E-state index < -0.39 is 11.3 Å². The van der Waals surface area contributed by atoms with Crippen molar-refractivity contribution in [3.05, 3.63) is 41.7 Å². The van der Waals surface area contributed by atoms with E-state index in [-0.39, 0.29) is 11.7 Å². The number of hydrogen-bond donors (Lipinski definition) is 2. The maximum Gasteiger partial charge on any atom is 0.239 e. The average molecular weight is 332 g/mol. The first-order valence-electron chi connectivity index (χ1n) is 8.43. The summed E-state index contributed by atoms with van der Waals surface area (Å²) in [6.07, 6.45) is 7.76. The summed E-state index contributed by atoms with van der Waals surface area (Å²) in [7, 11) is 0. The number of carbonyl (C=O) groups excluding carboxylic acids is 2. The molecule has 1 aliphatic rings. The van der Waals surface area contributed by atoms with Crippen LogP contribution in [0.25, 0.3) is 0 Å². The quantitative estimate of drug-likeness (QED) is 0.615. The van der Waals surface area contributed by atoms with E-state index in [1.807, 2.05) is 0 Å². The zero-order chi connectivity index (χ0) is 17.6. The number of carbonyl (C=O) groups is 2.